The van der Waals surface area contributed by atoms with Gasteiger partial charge in [0.2, 0.25) is 51.4 Å². The third kappa shape index (κ3) is 30.8. The number of hydrogen-bond acceptors (Lipinski definition) is 22. The molecule has 0 radical (unpaired) electrons. The molecule has 14 N–H and O–H groups in total. The van der Waals surface area contributed by atoms with E-state index in [-0.39, 0.29) is 96.0 Å². The van der Waals surface area contributed by atoms with E-state index in [4.69, 9.17) is 50.4 Å². The minimum Gasteiger partial charge on any atom is -0.445 e. The van der Waals surface area contributed by atoms with Crippen LogP contribution in [-0.4, -0.2) is 249 Å². The Bertz CT molecular complexity index is 3730. The molecule has 1 aliphatic heterocycles. The van der Waals surface area contributed by atoms with Gasteiger partial charge in [0.05, 0.1) is 106 Å². The van der Waals surface area contributed by atoms with Gasteiger partial charge in [-0.05, 0) is 104 Å². The summed E-state index contributed by atoms with van der Waals surface area (Å²) in [4.78, 5) is 155. The average Bonchev–Trinajstić information content (AvgIpc) is 1.67. The number of ether oxygens (including phenoxy) is 7. The number of amides is 12. The van der Waals surface area contributed by atoms with Crippen molar-refractivity contribution >= 4 is 92.4 Å². The van der Waals surface area contributed by atoms with Crippen LogP contribution >= 0.6 is 0 Å². The molecule has 12 amide bonds. The van der Waals surface area contributed by atoms with Gasteiger partial charge in [-0.15, -0.1) is 0 Å². The first kappa shape index (κ1) is 95.3. The third-order valence-electron chi connectivity index (χ3n) is 20.1. The number of nitrogen functional groups attached to an aromatic ring is 2. The van der Waals surface area contributed by atoms with Crippen LogP contribution in [0.25, 0.3) is 0 Å². The maximum Gasteiger partial charge on any atom is 0.410 e. The molecular formula is C79H124N14O20S. The molecule has 3 aromatic carbocycles. The van der Waals surface area contributed by atoms with Crippen molar-refractivity contribution < 1.29 is 94.3 Å². The molecule has 1 saturated heterocycles. The summed E-state index contributed by atoms with van der Waals surface area (Å²) in [5, 5.41) is 18.5. The molecule has 5 rings (SSSR count). The standard InChI is InChI=1S/C79H124N14O20S/c1-14-51(8)69(63(107-12)46-65(95)93-35-19-23-62(93)70(108-13)52(9)71(96)87-61(44-53-20-16-15-17-21-53)74(99)90-114(105,106)57-29-30-57)91(10)77(102)67(49(4)5)89-76(101)68(50(6)7)92(11)79(104)113-47-54-24-27-56(28-25-54)85-73(98)60(22-18-33-84-78(82)103)86-75(100)66(48(2)3)88-64(94)32-36-109-38-40-111-42-43-112-41-39-110-37-34-83-72(97)55-26-31-58(80)59(81)45-55/h15-17,20-21,24-28,31,45,48-52,57,60-63,66-70H,14,18-19,22-23,29-30,32-44,46-47,80-81H2,1-13H3,(H,83,97)(H,85,98)(H,86,100)(H,87,96)(H,88,94)(H,89,101)(H,90,99)(H3,82,84,103)/t51-,52+,60-,61-,62-,63+,66-,67-,68-,69-,70+/m0/s1. The number of primary amides is 1. The lowest BCUT2D eigenvalue weighted by Gasteiger charge is -2.41. The predicted molar refractivity (Wildman–Crippen MR) is 428 cm³/mol. The van der Waals surface area contributed by atoms with E-state index in [1.165, 1.54) is 32.2 Å². The van der Waals surface area contributed by atoms with E-state index < -0.39 is 147 Å². The van der Waals surface area contributed by atoms with Crippen LogP contribution in [0.15, 0.2) is 72.8 Å². The number of nitrogens with one attached hydrogen (secondary N) is 8. The summed E-state index contributed by atoms with van der Waals surface area (Å²) in [7, 11) is 1.99. The van der Waals surface area contributed by atoms with Crippen molar-refractivity contribution in [1.29, 1.82) is 0 Å². The Morgan fingerprint density at radius 2 is 1.23 bits per heavy atom. The molecule has 2 fully saturated rings. The van der Waals surface area contributed by atoms with Crippen LogP contribution in [0.1, 0.15) is 142 Å². The van der Waals surface area contributed by atoms with E-state index in [1.807, 2.05) is 13.8 Å². The fraction of sp³-hybridized carbons (Fsp3) is 0.633. The Labute approximate surface area is 670 Å². The van der Waals surface area contributed by atoms with Crippen molar-refractivity contribution in [2.45, 2.75) is 193 Å². The second-order valence-electron chi connectivity index (χ2n) is 29.9. The normalized spacial score (nSPS) is 16.2. The Morgan fingerprint density at radius 1 is 0.614 bits per heavy atom. The van der Waals surface area contributed by atoms with Crippen LogP contribution in [0, 0.1) is 29.6 Å². The highest BCUT2D eigenvalue weighted by Crippen LogP contribution is 2.31. The van der Waals surface area contributed by atoms with Crippen LogP contribution in [-0.2, 0) is 94.6 Å². The van der Waals surface area contributed by atoms with Gasteiger partial charge in [-0.3, -0.25) is 52.8 Å². The molecule has 0 unspecified atom stereocenters. The first-order valence-corrected chi connectivity index (χ1v) is 40.7. The number of sulfonamides is 1. The summed E-state index contributed by atoms with van der Waals surface area (Å²) in [6.45, 7) is 18.5. The van der Waals surface area contributed by atoms with Gasteiger partial charge in [-0.2, -0.15) is 0 Å². The average molecular weight is 1620 g/mol. The van der Waals surface area contributed by atoms with Crippen molar-refractivity contribution in [3.05, 3.63) is 89.5 Å². The summed E-state index contributed by atoms with van der Waals surface area (Å²) in [5.41, 5.74) is 19.4. The maximum absolute atomic E-state index is 14.9. The number of nitrogens with two attached hydrogens (primary N) is 3. The van der Waals surface area contributed by atoms with Gasteiger partial charge in [0.25, 0.3) is 11.8 Å². The zero-order valence-electron chi connectivity index (χ0n) is 68.3. The van der Waals surface area contributed by atoms with Crippen LogP contribution in [0.2, 0.25) is 0 Å². The van der Waals surface area contributed by atoms with E-state index in [0.717, 1.165) is 4.90 Å². The van der Waals surface area contributed by atoms with Crippen LogP contribution in [0.3, 0.4) is 0 Å². The summed E-state index contributed by atoms with van der Waals surface area (Å²) >= 11 is 0. The summed E-state index contributed by atoms with van der Waals surface area (Å²) in [5.74, 6) is -7.35. The van der Waals surface area contributed by atoms with Crippen molar-refractivity contribution in [1.82, 2.24) is 51.3 Å². The number of hydrogen-bond donors (Lipinski definition) is 11. The lowest BCUT2D eigenvalue weighted by atomic mass is 9.89. The van der Waals surface area contributed by atoms with Gasteiger partial charge in [-0.25, -0.2) is 18.0 Å². The first-order chi connectivity index (χ1) is 54.1. The van der Waals surface area contributed by atoms with Crippen molar-refractivity contribution in [2.24, 2.45) is 35.3 Å². The number of methoxy groups -OCH3 is 2. The Kier molecular flexibility index (Phi) is 40.3. The molecule has 3 aromatic rings. The van der Waals surface area contributed by atoms with Gasteiger partial charge in [0, 0.05) is 72.0 Å². The molecular weight excluding hydrogens is 1500 g/mol. The summed E-state index contributed by atoms with van der Waals surface area (Å²) in [6, 6.07) is 12.2. The number of benzene rings is 3. The summed E-state index contributed by atoms with van der Waals surface area (Å²) < 4.78 is 67.8. The number of rotatable bonds is 51. The zero-order valence-corrected chi connectivity index (χ0v) is 69.1. The number of anilines is 3. The molecule has 0 bridgehead atoms. The van der Waals surface area contributed by atoms with Gasteiger partial charge in [-0.1, -0.05) is 111 Å². The van der Waals surface area contributed by atoms with E-state index in [2.05, 4.69) is 41.9 Å². The number of urea groups is 1. The molecule has 35 heteroatoms. The Morgan fingerprint density at radius 3 is 1.80 bits per heavy atom. The lowest BCUT2D eigenvalue weighted by Crippen LogP contribution is -2.60. The monoisotopic (exact) mass is 1620 g/mol. The zero-order chi connectivity index (χ0) is 84.4. The molecule has 34 nitrogen and oxygen atoms in total. The molecule has 1 aliphatic carbocycles. The lowest BCUT2D eigenvalue weighted by molar-refractivity contribution is -0.148. The number of carbonyl (C=O) groups excluding carboxylic acids is 11. The molecule has 0 aromatic heterocycles. The Hall–Kier alpha value is -9.26. The predicted octanol–water partition coefficient (Wildman–Crippen LogP) is 3.74. The SMILES string of the molecule is CC[C@H](C)[C@@H]([C@@H](CC(=O)N1CCC[C@H]1[C@H](OC)[C@@H](C)C(=O)N[C@@H](Cc1ccccc1)C(=O)NS(=O)(=O)C1CC1)OC)N(C)C(=O)[C@@H](NC(=O)[C@H](C(C)C)N(C)C(=O)OCc1ccc(NC(=O)[C@H](CCCNC(N)=O)NC(=O)[C@@H](NC(=O)CCOCCOCCOCCOCCNC(=O)c2ccc(N)c(N)c2)C(C)C)cc1)C(C)C. The van der Waals surface area contributed by atoms with E-state index >= 15 is 0 Å². The molecule has 1 saturated carbocycles. The second kappa shape index (κ2) is 48.2. The molecule has 0 spiro atoms. The molecule has 1 heterocycles. The van der Waals surface area contributed by atoms with Crippen LogP contribution < -0.4 is 59.1 Å². The van der Waals surface area contributed by atoms with E-state index in [1.54, 1.807) is 127 Å². The minimum absolute atomic E-state index is 0.0139. The van der Waals surface area contributed by atoms with Crippen molar-refractivity contribution in [2.75, 3.05) is 118 Å². The largest absolute Gasteiger partial charge is 0.445 e. The molecule has 114 heavy (non-hydrogen) atoms. The maximum atomic E-state index is 14.9. The Balaban J connectivity index is 1.10. The highest BCUT2D eigenvalue weighted by molar-refractivity contribution is 7.91. The first-order valence-electron chi connectivity index (χ1n) is 39.1. The number of nitrogens with zero attached hydrogens (tertiary/aromatic N) is 3. The summed E-state index contributed by atoms with van der Waals surface area (Å²) in [6.07, 6.45) is 0.0308. The van der Waals surface area contributed by atoms with Gasteiger partial charge >= 0.3 is 12.1 Å². The van der Waals surface area contributed by atoms with Gasteiger partial charge < -0.3 is 97.4 Å². The highest BCUT2D eigenvalue weighted by atomic mass is 32.2. The smallest absolute Gasteiger partial charge is 0.410 e. The quantitative estimate of drug-likeness (QED) is 0.0283. The van der Waals surface area contributed by atoms with E-state index in [0.29, 0.717) is 98.8 Å². The number of likely N-dealkylation sites (N-methyl/N-ethyl adjacent to an activating group) is 2. The van der Waals surface area contributed by atoms with Gasteiger partial charge in [0.15, 0.2) is 0 Å². The number of carbonyl (C=O) groups is 11. The van der Waals surface area contributed by atoms with Crippen LogP contribution in [0.4, 0.5) is 26.7 Å². The molecule has 636 valence electrons. The fourth-order valence-electron chi connectivity index (χ4n) is 13.3. The van der Waals surface area contributed by atoms with Gasteiger partial charge in [0.1, 0.15) is 36.8 Å². The minimum atomic E-state index is -3.94. The topological polar surface area (TPSA) is 471 Å². The third-order valence-corrected chi connectivity index (χ3v) is 22.0. The second-order valence-corrected chi connectivity index (χ2v) is 31.9. The van der Waals surface area contributed by atoms with Crippen molar-refractivity contribution in [3.63, 3.8) is 0 Å². The fourth-order valence-corrected chi connectivity index (χ4v) is 14.7. The highest BCUT2D eigenvalue weighted by Gasteiger charge is 2.45. The number of likely N-dealkylation sites (tertiary alicyclic amines) is 1. The van der Waals surface area contributed by atoms with E-state index in [9.17, 15) is 61.2 Å². The molecule has 2 aliphatic rings. The van der Waals surface area contributed by atoms with Crippen molar-refractivity contribution in [3.8, 4) is 0 Å². The molecule has 11 atom stereocenters. The van der Waals surface area contributed by atoms with Crippen LogP contribution in [0.5, 0.6) is 0 Å².